The van der Waals surface area contributed by atoms with Gasteiger partial charge in [-0.25, -0.2) is 14.1 Å². The van der Waals surface area contributed by atoms with Crippen molar-refractivity contribution in [1.29, 1.82) is 0 Å². The van der Waals surface area contributed by atoms with Crippen LogP contribution in [0.25, 0.3) is 6.08 Å². The second-order valence-electron chi connectivity index (χ2n) is 7.23. The Morgan fingerprint density at radius 2 is 1.74 bits per heavy atom. The van der Waals surface area contributed by atoms with E-state index in [1.165, 1.54) is 31.4 Å². The van der Waals surface area contributed by atoms with Crippen molar-refractivity contribution in [3.63, 3.8) is 0 Å². The van der Waals surface area contributed by atoms with Crippen LogP contribution in [0.3, 0.4) is 0 Å². The van der Waals surface area contributed by atoms with E-state index < -0.39 is 23.7 Å². The number of hydrogen-bond donors (Lipinski definition) is 1. The SMILES string of the molecule is COc1cc(/C=C2/C(=O)NC(=O)N(c3ccccc3F)C2=O)ccc1OCc1ccc(Cl)cc1. The Morgan fingerprint density at radius 3 is 2.44 bits per heavy atom. The Balaban J connectivity index is 1.60. The lowest BCUT2D eigenvalue weighted by Crippen LogP contribution is -2.54. The fraction of sp³-hybridized carbons (Fsp3) is 0.0800. The lowest BCUT2D eigenvalue weighted by atomic mass is 10.1. The van der Waals surface area contributed by atoms with Gasteiger partial charge in [0.25, 0.3) is 11.8 Å². The zero-order valence-electron chi connectivity index (χ0n) is 17.9. The van der Waals surface area contributed by atoms with Gasteiger partial charge in [-0.15, -0.1) is 0 Å². The van der Waals surface area contributed by atoms with E-state index in [9.17, 15) is 18.8 Å². The molecule has 0 radical (unpaired) electrons. The highest BCUT2D eigenvalue weighted by Gasteiger charge is 2.37. The molecule has 1 saturated heterocycles. The summed E-state index contributed by atoms with van der Waals surface area (Å²) in [5, 5.41) is 2.69. The fourth-order valence-corrected chi connectivity index (χ4v) is 3.44. The van der Waals surface area contributed by atoms with Gasteiger partial charge >= 0.3 is 6.03 Å². The standard InChI is InChI=1S/C25H18ClFN2O5/c1-33-22-13-16(8-11-21(22)34-14-15-6-9-17(26)10-7-15)12-18-23(30)28-25(32)29(24(18)31)20-5-3-2-4-19(20)27/h2-13H,14H2,1H3,(H,28,30,32)/b18-12-. The number of para-hydroxylation sites is 1. The number of nitrogens with zero attached hydrogens (tertiary/aromatic N) is 1. The van der Waals surface area contributed by atoms with Crippen LogP contribution in [0.15, 0.2) is 72.3 Å². The molecule has 0 atom stereocenters. The molecule has 34 heavy (non-hydrogen) atoms. The predicted molar refractivity (Wildman–Crippen MR) is 124 cm³/mol. The van der Waals surface area contributed by atoms with Crippen LogP contribution in [-0.4, -0.2) is 25.0 Å². The average Bonchev–Trinajstić information content (AvgIpc) is 2.83. The Hall–Kier alpha value is -4.17. The Bertz CT molecular complexity index is 1310. The number of nitrogens with one attached hydrogen (secondary N) is 1. The summed E-state index contributed by atoms with van der Waals surface area (Å²) >= 11 is 5.90. The number of urea groups is 1. The Morgan fingerprint density at radius 1 is 1.00 bits per heavy atom. The van der Waals surface area contributed by atoms with Crippen LogP contribution in [0.2, 0.25) is 5.02 Å². The van der Waals surface area contributed by atoms with E-state index in [4.69, 9.17) is 21.1 Å². The van der Waals surface area contributed by atoms with E-state index in [1.807, 2.05) is 12.1 Å². The maximum Gasteiger partial charge on any atom is 0.336 e. The molecule has 9 heteroatoms. The van der Waals surface area contributed by atoms with Gasteiger partial charge in [0.2, 0.25) is 0 Å². The number of imide groups is 2. The van der Waals surface area contributed by atoms with Gasteiger partial charge in [0.05, 0.1) is 12.8 Å². The molecule has 0 bridgehead atoms. The monoisotopic (exact) mass is 480 g/mol. The summed E-state index contributed by atoms with van der Waals surface area (Å²) in [6.07, 6.45) is 1.30. The third-order valence-electron chi connectivity index (χ3n) is 5.00. The molecule has 1 N–H and O–H groups in total. The van der Waals surface area contributed by atoms with Crippen LogP contribution in [0.1, 0.15) is 11.1 Å². The van der Waals surface area contributed by atoms with Crippen LogP contribution < -0.4 is 19.7 Å². The number of methoxy groups -OCH3 is 1. The molecule has 4 rings (SSSR count). The van der Waals surface area contributed by atoms with Crippen molar-refractivity contribution < 1.29 is 28.2 Å². The first kappa shape index (κ1) is 23.0. The van der Waals surface area contributed by atoms with E-state index >= 15 is 0 Å². The molecule has 1 aliphatic heterocycles. The maximum atomic E-state index is 14.2. The highest BCUT2D eigenvalue weighted by Crippen LogP contribution is 2.31. The van der Waals surface area contributed by atoms with Gasteiger partial charge in [-0.2, -0.15) is 0 Å². The number of carbonyl (C=O) groups excluding carboxylic acids is 3. The molecule has 0 aliphatic carbocycles. The number of hydrogen-bond acceptors (Lipinski definition) is 5. The van der Waals surface area contributed by atoms with E-state index in [-0.39, 0.29) is 17.9 Å². The fourth-order valence-electron chi connectivity index (χ4n) is 3.31. The van der Waals surface area contributed by atoms with E-state index in [1.54, 1.807) is 30.3 Å². The third-order valence-corrected chi connectivity index (χ3v) is 5.25. The lowest BCUT2D eigenvalue weighted by Gasteiger charge is -2.26. The van der Waals surface area contributed by atoms with Crippen LogP contribution in [0.5, 0.6) is 11.5 Å². The number of benzene rings is 3. The van der Waals surface area contributed by atoms with E-state index in [2.05, 4.69) is 5.32 Å². The second-order valence-corrected chi connectivity index (χ2v) is 7.67. The summed E-state index contributed by atoms with van der Waals surface area (Å²) in [6.45, 7) is 0.272. The van der Waals surface area contributed by atoms with Crippen molar-refractivity contribution in [2.24, 2.45) is 0 Å². The first-order chi connectivity index (χ1) is 16.4. The van der Waals surface area contributed by atoms with Gasteiger partial charge in [-0.3, -0.25) is 14.9 Å². The van der Waals surface area contributed by atoms with Crippen molar-refractivity contribution in [3.05, 3.63) is 94.3 Å². The van der Waals surface area contributed by atoms with Gasteiger partial charge in [0.1, 0.15) is 18.0 Å². The average molecular weight is 481 g/mol. The zero-order valence-corrected chi connectivity index (χ0v) is 18.6. The van der Waals surface area contributed by atoms with Crippen LogP contribution in [-0.2, 0) is 16.2 Å². The van der Waals surface area contributed by atoms with Crippen molar-refractivity contribution in [2.45, 2.75) is 6.61 Å². The number of carbonyl (C=O) groups is 3. The van der Waals surface area contributed by atoms with Crippen molar-refractivity contribution in [1.82, 2.24) is 5.32 Å². The molecule has 1 fully saturated rings. The van der Waals surface area contributed by atoms with Crippen molar-refractivity contribution in [3.8, 4) is 11.5 Å². The van der Waals surface area contributed by atoms with Crippen LogP contribution >= 0.6 is 11.6 Å². The number of barbiturate groups is 1. The molecule has 3 aromatic rings. The predicted octanol–water partition coefficient (Wildman–Crippen LogP) is 4.73. The number of halogens is 2. The smallest absolute Gasteiger partial charge is 0.336 e. The molecule has 0 saturated carbocycles. The first-order valence-corrected chi connectivity index (χ1v) is 10.5. The molecule has 3 aromatic carbocycles. The first-order valence-electron chi connectivity index (χ1n) is 10.1. The summed E-state index contributed by atoms with van der Waals surface area (Å²) < 4.78 is 25.4. The maximum absolute atomic E-state index is 14.2. The Labute approximate surface area is 199 Å². The minimum Gasteiger partial charge on any atom is -0.493 e. The summed E-state index contributed by atoms with van der Waals surface area (Å²) in [5.74, 6) is -1.79. The third kappa shape index (κ3) is 4.77. The number of rotatable bonds is 6. The van der Waals surface area contributed by atoms with Gasteiger partial charge in [0.15, 0.2) is 11.5 Å². The number of ether oxygens (including phenoxy) is 2. The van der Waals surface area contributed by atoms with Gasteiger partial charge in [-0.1, -0.05) is 41.9 Å². The number of anilines is 1. The van der Waals surface area contributed by atoms with Crippen LogP contribution in [0.4, 0.5) is 14.9 Å². The number of amides is 4. The van der Waals surface area contributed by atoms with Crippen molar-refractivity contribution >= 4 is 41.2 Å². The molecule has 0 unspecified atom stereocenters. The van der Waals surface area contributed by atoms with Gasteiger partial charge < -0.3 is 9.47 Å². The summed E-state index contributed by atoms with van der Waals surface area (Å²) in [4.78, 5) is 38.2. The highest BCUT2D eigenvalue weighted by atomic mass is 35.5. The normalized spacial score (nSPS) is 14.9. The second kappa shape index (κ2) is 9.76. The minimum atomic E-state index is -1.03. The molecule has 1 heterocycles. The zero-order chi connectivity index (χ0) is 24.2. The minimum absolute atomic E-state index is 0.257. The lowest BCUT2D eigenvalue weighted by molar-refractivity contribution is -0.122. The Kier molecular flexibility index (Phi) is 6.60. The summed E-state index contributed by atoms with van der Waals surface area (Å²) in [5.41, 5.74) is 0.753. The molecular weight excluding hydrogens is 463 g/mol. The van der Waals surface area contributed by atoms with Gasteiger partial charge in [-0.05, 0) is 53.6 Å². The molecule has 7 nitrogen and oxygen atoms in total. The molecular formula is C25H18ClFN2O5. The van der Waals surface area contributed by atoms with Crippen molar-refractivity contribution in [2.75, 3.05) is 12.0 Å². The largest absolute Gasteiger partial charge is 0.493 e. The molecule has 4 amide bonds. The molecule has 0 spiro atoms. The van der Waals surface area contributed by atoms with E-state index in [0.29, 0.717) is 27.0 Å². The summed E-state index contributed by atoms with van der Waals surface area (Å²) in [6, 6.07) is 16.3. The topological polar surface area (TPSA) is 84.9 Å². The van der Waals surface area contributed by atoms with Gasteiger partial charge in [0, 0.05) is 5.02 Å². The summed E-state index contributed by atoms with van der Waals surface area (Å²) in [7, 11) is 1.46. The molecule has 172 valence electrons. The van der Waals surface area contributed by atoms with Crippen LogP contribution in [0, 0.1) is 5.82 Å². The molecule has 1 aliphatic rings. The van der Waals surface area contributed by atoms with E-state index in [0.717, 1.165) is 11.6 Å². The highest BCUT2D eigenvalue weighted by molar-refractivity contribution is 6.39. The quantitative estimate of drug-likeness (QED) is 0.407. The molecule has 0 aromatic heterocycles.